The second-order valence-electron chi connectivity index (χ2n) is 13.0. The van der Waals surface area contributed by atoms with Gasteiger partial charge in [-0.1, -0.05) is 18.1 Å². The van der Waals surface area contributed by atoms with Crippen molar-refractivity contribution in [2.24, 2.45) is 0 Å². The zero-order valence-electron chi connectivity index (χ0n) is 24.3. The van der Waals surface area contributed by atoms with Crippen molar-refractivity contribution in [3.05, 3.63) is 42.0 Å². The fraction of sp³-hybridized carbons (Fsp3) is 0.441. The minimum atomic E-state index is -0.841. The number of ether oxygens (including phenoxy) is 2. The SMILES string of the molecule is C#Cc1cccc2cc(O)cc(-c3cc4c5c(nc(OC[C@@]67CCCN6C[C@H](F)C7)nc5n3)N3C[C@@H]5CC[C@@H](N5)[C@@H]3CO4)c12. The second-order valence-corrected chi connectivity index (χ2v) is 13.0. The molecule has 10 heteroatoms. The first kappa shape index (κ1) is 26.2. The van der Waals surface area contributed by atoms with Gasteiger partial charge in [-0.15, -0.1) is 6.42 Å². The van der Waals surface area contributed by atoms with E-state index in [0.29, 0.717) is 66.5 Å². The molecular formula is C34H33FN6O3. The highest BCUT2D eigenvalue weighted by Crippen LogP contribution is 2.44. The number of hydrogen-bond acceptors (Lipinski definition) is 9. The van der Waals surface area contributed by atoms with Gasteiger partial charge in [-0.05, 0) is 55.8 Å². The highest BCUT2D eigenvalue weighted by Gasteiger charge is 2.49. The van der Waals surface area contributed by atoms with Crippen LogP contribution in [-0.4, -0.2) is 87.6 Å². The predicted molar refractivity (Wildman–Crippen MR) is 165 cm³/mol. The van der Waals surface area contributed by atoms with E-state index in [1.165, 1.54) is 0 Å². The number of terminal acetylenes is 1. The third-order valence-electron chi connectivity index (χ3n) is 10.5. The summed E-state index contributed by atoms with van der Waals surface area (Å²) in [6, 6.07) is 12.0. The van der Waals surface area contributed by atoms with E-state index in [-0.39, 0.29) is 23.3 Å². The van der Waals surface area contributed by atoms with E-state index >= 15 is 0 Å². The first-order chi connectivity index (χ1) is 21.5. The monoisotopic (exact) mass is 592 g/mol. The van der Waals surface area contributed by atoms with Crippen molar-refractivity contribution < 1.29 is 19.0 Å². The third kappa shape index (κ3) is 3.95. The smallest absolute Gasteiger partial charge is 0.320 e. The molecule has 0 unspecified atom stereocenters. The number of hydrogen-bond donors (Lipinski definition) is 2. The van der Waals surface area contributed by atoms with Crippen molar-refractivity contribution in [1.82, 2.24) is 25.2 Å². The van der Waals surface area contributed by atoms with Crippen LogP contribution in [0.25, 0.3) is 33.1 Å². The highest BCUT2D eigenvalue weighted by atomic mass is 19.1. The molecule has 7 heterocycles. The topological polar surface area (TPSA) is 95.9 Å². The lowest BCUT2D eigenvalue weighted by atomic mass is 9.95. The van der Waals surface area contributed by atoms with Gasteiger partial charge in [0.1, 0.15) is 42.1 Å². The number of nitrogens with zero attached hydrogens (tertiary/aromatic N) is 5. The van der Waals surface area contributed by atoms with Crippen molar-refractivity contribution in [2.75, 3.05) is 37.7 Å². The molecule has 2 N–H and O–H groups in total. The minimum Gasteiger partial charge on any atom is -0.508 e. The van der Waals surface area contributed by atoms with Crippen molar-refractivity contribution in [1.29, 1.82) is 0 Å². The molecule has 0 saturated carbocycles. The zero-order valence-corrected chi connectivity index (χ0v) is 24.3. The summed E-state index contributed by atoms with van der Waals surface area (Å²) in [5, 5.41) is 16.8. The Morgan fingerprint density at radius 3 is 3.00 bits per heavy atom. The van der Waals surface area contributed by atoms with Crippen LogP contribution >= 0.6 is 0 Å². The molecule has 2 aromatic carbocycles. The maximum atomic E-state index is 14.5. The summed E-state index contributed by atoms with van der Waals surface area (Å²) in [6.45, 7) is 2.98. The van der Waals surface area contributed by atoms with Crippen LogP contribution in [-0.2, 0) is 0 Å². The summed E-state index contributed by atoms with van der Waals surface area (Å²) >= 11 is 0. The number of anilines is 1. The van der Waals surface area contributed by atoms with Crippen LogP contribution in [0, 0.1) is 12.3 Å². The molecule has 4 fully saturated rings. The van der Waals surface area contributed by atoms with Gasteiger partial charge < -0.3 is 24.8 Å². The van der Waals surface area contributed by atoms with E-state index in [4.69, 9.17) is 30.8 Å². The fourth-order valence-electron chi connectivity index (χ4n) is 8.48. The number of halogens is 1. The molecule has 2 aromatic heterocycles. The van der Waals surface area contributed by atoms with Gasteiger partial charge in [-0.2, -0.15) is 9.97 Å². The van der Waals surface area contributed by atoms with Gasteiger partial charge in [0, 0.05) is 54.2 Å². The molecule has 0 radical (unpaired) electrons. The van der Waals surface area contributed by atoms with Crippen LogP contribution in [0.2, 0.25) is 0 Å². The average Bonchev–Trinajstić information content (AvgIpc) is 3.66. The lowest BCUT2D eigenvalue weighted by Gasteiger charge is -2.40. The van der Waals surface area contributed by atoms with Crippen molar-refractivity contribution >= 4 is 27.6 Å². The van der Waals surface area contributed by atoms with E-state index in [1.807, 2.05) is 24.3 Å². The number of nitrogens with one attached hydrogen (secondary N) is 1. The number of rotatable bonds is 4. The molecule has 44 heavy (non-hydrogen) atoms. The number of fused-ring (bicyclic) bond motifs is 7. The maximum Gasteiger partial charge on any atom is 0.320 e. The molecule has 9 rings (SSSR count). The summed E-state index contributed by atoms with van der Waals surface area (Å²) in [4.78, 5) is 19.5. The first-order valence-corrected chi connectivity index (χ1v) is 15.6. The van der Waals surface area contributed by atoms with Gasteiger partial charge in [0.2, 0.25) is 0 Å². The van der Waals surface area contributed by atoms with Crippen molar-refractivity contribution in [3.8, 4) is 41.1 Å². The second kappa shape index (κ2) is 9.65. The largest absolute Gasteiger partial charge is 0.508 e. The lowest BCUT2D eigenvalue weighted by Crippen LogP contribution is -2.60. The molecule has 0 spiro atoms. The van der Waals surface area contributed by atoms with Gasteiger partial charge in [0.15, 0.2) is 5.65 Å². The summed E-state index contributed by atoms with van der Waals surface area (Å²) in [6.07, 6.45) is 9.68. The Morgan fingerprint density at radius 2 is 2.09 bits per heavy atom. The summed E-state index contributed by atoms with van der Waals surface area (Å²) in [5.74, 6) is 4.31. The Balaban J connectivity index is 1.21. The molecule has 0 amide bonds. The highest BCUT2D eigenvalue weighted by molar-refractivity contribution is 6.03. The standard InChI is InChI=1S/C34H33FN6O3/c1-2-19-5-3-6-20-11-23(42)12-24(29(19)20)26-13-28-30-31(37-26)38-33(44-18-34-9-4-10-40(34)15-21(35)14-34)39-32(30)41-16-22-7-8-25(36-22)27(41)17-43-28/h1,3,5-6,11-13,21-22,25,27,36,42H,4,7-10,14-18H2/t21-,22+,25-,27+,34+/m1/s1. The molecule has 224 valence electrons. The summed E-state index contributed by atoms with van der Waals surface area (Å²) in [7, 11) is 0. The van der Waals surface area contributed by atoms with Crippen LogP contribution in [0.3, 0.4) is 0 Å². The van der Waals surface area contributed by atoms with E-state index in [0.717, 1.165) is 60.7 Å². The van der Waals surface area contributed by atoms with Gasteiger partial charge in [-0.3, -0.25) is 4.90 Å². The van der Waals surface area contributed by atoms with Crippen LogP contribution in [0.5, 0.6) is 17.5 Å². The van der Waals surface area contributed by atoms with E-state index in [2.05, 4.69) is 21.0 Å². The Hall–Kier alpha value is -4.20. The number of piperazine rings is 1. The van der Waals surface area contributed by atoms with E-state index in [1.54, 1.807) is 12.1 Å². The van der Waals surface area contributed by atoms with Gasteiger partial charge >= 0.3 is 6.01 Å². The number of phenolic OH excluding ortho intramolecular Hbond substituents is 1. The van der Waals surface area contributed by atoms with Crippen LogP contribution in [0.1, 0.15) is 37.7 Å². The molecule has 0 aliphatic carbocycles. The normalized spacial score (nSPS) is 28.9. The number of alkyl halides is 1. The van der Waals surface area contributed by atoms with Crippen molar-refractivity contribution in [3.63, 3.8) is 0 Å². The van der Waals surface area contributed by atoms with E-state index < -0.39 is 6.17 Å². The summed E-state index contributed by atoms with van der Waals surface area (Å²) < 4.78 is 27.5. The average molecular weight is 593 g/mol. The number of phenols is 1. The van der Waals surface area contributed by atoms with Gasteiger partial charge in [0.05, 0.1) is 17.3 Å². The summed E-state index contributed by atoms with van der Waals surface area (Å²) in [5.41, 5.74) is 2.12. The maximum absolute atomic E-state index is 14.5. The third-order valence-corrected chi connectivity index (χ3v) is 10.5. The lowest BCUT2D eigenvalue weighted by molar-refractivity contribution is 0.107. The Bertz CT molecular complexity index is 1880. The number of pyridine rings is 1. The molecule has 5 aliphatic heterocycles. The van der Waals surface area contributed by atoms with Crippen molar-refractivity contribution in [2.45, 2.75) is 61.9 Å². The van der Waals surface area contributed by atoms with Crippen LogP contribution in [0.4, 0.5) is 10.2 Å². The molecule has 5 atom stereocenters. The van der Waals surface area contributed by atoms with Crippen LogP contribution < -0.4 is 19.7 Å². The van der Waals surface area contributed by atoms with Gasteiger partial charge in [0.25, 0.3) is 0 Å². The predicted octanol–water partition coefficient (Wildman–Crippen LogP) is 4.19. The van der Waals surface area contributed by atoms with Gasteiger partial charge in [-0.25, -0.2) is 9.37 Å². The Morgan fingerprint density at radius 1 is 1.16 bits per heavy atom. The number of aromatic nitrogens is 3. The number of benzene rings is 2. The molecule has 4 aromatic rings. The molecule has 4 saturated heterocycles. The molecule has 9 nitrogen and oxygen atoms in total. The first-order valence-electron chi connectivity index (χ1n) is 15.6. The molecule has 5 aliphatic rings. The zero-order chi connectivity index (χ0) is 29.6. The molecule has 2 bridgehead atoms. The quantitative estimate of drug-likeness (QED) is 0.338. The fourth-order valence-corrected chi connectivity index (χ4v) is 8.48. The van der Waals surface area contributed by atoms with E-state index in [9.17, 15) is 9.50 Å². The molecular weight excluding hydrogens is 559 g/mol. The Labute approximate surface area is 254 Å². The number of aromatic hydroxyl groups is 1. The Kier molecular flexibility index (Phi) is 5.75. The minimum absolute atomic E-state index is 0.0937. The van der Waals surface area contributed by atoms with Crippen LogP contribution in [0.15, 0.2) is 36.4 Å².